The van der Waals surface area contributed by atoms with Gasteiger partial charge in [-0.05, 0) is 18.2 Å². The third-order valence-corrected chi connectivity index (χ3v) is 1.94. The monoisotopic (exact) mass is 360 g/mol. The van der Waals surface area contributed by atoms with Crippen molar-refractivity contribution in [1.29, 1.82) is 0 Å². The van der Waals surface area contributed by atoms with Gasteiger partial charge in [0.2, 0.25) is 0 Å². The van der Waals surface area contributed by atoms with E-state index < -0.39 is 21.8 Å². The van der Waals surface area contributed by atoms with Crippen molar-refractivity contribution < 1.29 is 42.6 Å². The van der Waals surface area contributed by atoms with Gasteiger partial charge in [-0.2, -0.15) is 0 Å². The van der Waals surface area contributed by atoms with Crippen LogP contribution in [0.3, 0.4) is 0 Å². The van der Waals surface area contributed by atoms with Crippen molar-refractivity contribution in [2.75, 3.05) is 6.54 Å². The predicted molar refractivity (Wildman–Crippen MR) is 63.8 cm³/mol. The van der Waals surface area contributed by atoms with E-state index in [0.29, 0.717) is 5.56 Å². The zero-order valence-corrected chi connectivity index (χ0v) is 12.0. The fraction of sp³-hybridized carbons (Fsp3) is 0.111. The minimum absolute atomic E-state index is 0.0634. The molecule has 1 aromatic carbocycles. The summed E-state index contributed by atoms with van der Waals surface area (Å²) in [5.41, 5.74) is 0.495. The second-order valence-electron chi connectivity index (χ2n) is 2.86. The summed E-state index contributed by atoms with van der Waals surface area (Å²) in [7, 11) is 0. The molecule has 18 heavy (non-hydrogen) atoms. The maximum absolute atomic E-state index is 10.1. The van der Waals surface area contributed by atoms with Gasteiger partial charge in [-0.25, -0.2) is 0 Å². The van der Waals surface area contributed by atoms with Crippen LogP contribution < -0.4 is 0 Å². The van der Waals surface area contributed by atoms with E-state index in [-0.39, 0.29) is 12.3 Å². The quantitative estimate of drug-likeness (QED) is 0.574. The standard InChI is InChI=1S/C9H8BrNO3.2H2O.O.V/c10-7-2-1-6(8(12)3-7)4-11-5-9(13)14;;;;/h1-4,12H,5H2,(H,13,14);2*1H2;;/q;;;;+2. The number of carboxylic acids is 1. The Labute approximate surface area is 116 Å². The van der Waals surface area contributed by atoms with Crippen LogP contribution in [0.15, 0.2) is 27.7 Å². The van der Waals surface area contributed by atoms with Crippen LogP contribution in [0.4, 0.5) is 0 Å². The molecule has 0 saturated carbocycles. The Morgan fingerprint density at radius 2 is 2.06 bits per heavy atom. The number of carboxylic acid groups (broad SMARTS) is 1. The average molecular weight is 361 g/mol. The molecule has 0 amide bonds. The average Bonchev–Trinajstić information content (AvgIpc) is 2.20. The summed E-state index contributed by atoms with van der Waals surface area (Å²) >= 11 is 0.252. The van der Waals surface area contributed by atoms with Gasteiger partial charge in [-0.1, -0.05) is 15.9 Å². The molecule has 0 atom stereocenters. The van der Waals surface area contributed by atoms with Gasteiger partial charge < -0.3 is 10.2 Å². The summed E-state index contributed by atoms with van der Waals surface area (Å²) in [6, 6.07) is 4.90. The van der Waals surface area contributed by atoms with Gasteiger partial charge in [0.15, 0.2) is 0 Å². The van der Waals surface area contributed by atoms with Crippen molar-refractivity contribution in [1.82, 2.24) is 0 Å². The molecule has 6 N–H and O–H groups in total. The van der Waals surface area contributed by atoms with Gasteiger partial charge in [0.1, 0.15) is 12.3 Å². The van der Waals surface area contributed by atoms with E-state index in [1.165, 1.54) is 12.3 Å². The number of hydrogen-bond donors (Lipinski definition) is 2. The van der Waals surface area contributed by atoms with Gasteiger partial charge in [-0.3, -0.25) is 9.79 Å². The van der Waals surface area contributed by atoms with Crippen LogP contribution in [-0.2, 0) is 24.3 Å². The molecular formula is C9H12BrNO6V+2. The van der Waals surface area contributed by atoms with Crippen LogP contribution in [-0.4, -0.2) is 37.0 Å². The molecule has 0 aromatic heterocycles. The molecule has 0 radical (unpaired) electrons. The Kier molecular flexibility index (Phi) is 8.43. The van der Waals surface area contributed by atoms with Gasteiger partial charge in [0.25, 0.3) is 0 Å². The zero-order chi connectivity index (χ0) is 14.1. The molecule has 0 heterocycles. The first-order chi connectivity index (χ1) is 8.32. The summed E-state index contributed by atoms with van der Waals surface area (Å²) in [6.07, 6.45) is 1.33. The van der Waals surface area contributed by atoms with Crippen LogP contribution in [0.2, 0.25) is 0 Å². The molecule has 0 unspecified atom stereocenters. The summed E-state index contributed by atoms with van der Waals surface area (Å²) in [5, 5.41) is 17.7. The number of hydrogen-bond acceptors (Lipinski definition) is 4. The zero-order valence-electron chi connectivity index (χ0n) is 9.00. The van der Waals surface area contributed by atoms with Crippen molar-refractivity contribution in [3.63, 3.8) is 0 Å². The molecular weight excluding hydrogens is 349 g/mol. The molecule has 1 rings (SSSR count). The second kappa shape index (κ2) is 8.95. The molecule has 0 spiro atoms. The Balaban J connectivity index is 0.000000631. The number of aliphatic imine (C=N–C) groups is 1. The van der Waals surface area contributed by atoms with Crippen LogP contribution in [0, 0.1) is 0 Å². The fourth-order valence-electron chi connectivity index (χ4n) is 0.848. The minimum atomic E-state index is -2.94. The third kappa shape index (κ3) is 9.02. The number of nitrogens with zero attached hydrogens (tertiary/aromatic N) is 1. The number of carbonyl (C=O) groups is 1. The van der Waals surface area contributed by atoms with E-state index in [0.717, 1.165) is 4.47 Å². The molecule has 9 heteroatoms. The first-order valence-corrected chi connectivity index (χ1v) is 7.18. The molecule has 0 saturated heterocycles. The summed E-state index contributed by atoms with van der Waals surface area (Å²) < 4.78 is 21.4. The van der Waals surface area contributed by atoms with Crippen molar-refractivity contribution in [2.45, 2.75) is 0 Å². The molecule has 1 aromatic rings. The van der Waals surface area contributed by atoms with E-state index in [9.17, 15) is 9.90 Å². The van der Waals surface area contributed by atoms with Gasteiger partial charge in [0, 0.05) is 16.3 Å². The Morgan fingerprint density at radius 3 is 2.50 bits per heavy atom. The number of rotatable bonds is 3. The number of halogens is 1. The van der Waals surface area contributed by atoms with Gasteiger partial charge in [-0.15, -0.1) is 0 Å². The summed E-state index contributed by atoms with van der Waals surface area (Å²) in [4.78, 5) is 13.8. The molecule has 0 aliphatic heterocycles. The van der Waals surface area contributed by atoms with Gasteiger partial charge >= 0.3 is 33.5 Å². The number of phenols is 1. The van der Waals surface area contributed by atoms with Crippen molar-refractivity contribution in [3.8, 4) is 5.75 Å². The van der Waals surface area contributed by atoms with E-state index in [4.69, 9.17) is 16.8 Å². The molecule has 0 bridgehead atoms. The van der Waals surface area contributed by atoms with Crippen molar-refractivity contribution in [2.24, 2.45) is 4.99 Å². The van der Waals surface area contributed by atoms with Crippen LogP contribution in [0.1, 0.15) is 5.56 Å². The second-order valence-corrected chi connectivity index (χ2v) is 4.70. The SMILES string of the molecule is O=C(O)CN=Cc1ccc(Br)cc1O.[O]=[V]([OH2+])[OH2+]. The van der Waals surface area contributed by atoms with E-state index in [1.807, 2.05) is 0 Å². The first kappa shape index (κ1) is 16.9. The van der Waals surface area contributed by atoms with Crippen molar-refractivity contribution in [3.05, 3.63) is 28.2 Å². The Morgan fingerprint density at radius 1 is 1.50 bits per heavy atom. The molecule has 7 nitrogen and oxygen atoms in total. The Hall–Kier alpha value is -1.06. The molecule has 0 aliphatic carbocycles. The number of benzene rings is 1. The number of phenolic OH excluding ortho intramolecular Hbond substituents is 1. The first-order valence-electron chi connectivity index (χ1n) is 4.42. The van der Waals surface area contributed by atoms with Crippen LogP contribution in [0.5, 0.6) is 5.75 Å². The maximum atomic E-state index is 10.1. The van der Waals surface area contributed by atoms with E-state index in [1.54, 1.807) is 12.1 Å². The normalized spacial score (nSPS) is 9.72. The molecule has 0 aliphatic rings. The molecule has 0 fully saturated rings. The van der Waals surface area contributed by atoms with Crippen LogP contribution >= 0.6 is 15.9 Å². The van der Waals surface area contributed by atoms with Gasteiger partial charge in [0.05, 0.1) is 0 Å². The topological polar surface area (TPSA) is 133 Å². The van der Waals surface area contributed by atoms with Crippen LogP contribution in [0.25, 0.3) is 0 Å². The predicted octanol–water partition coefficient (Wildman–Crippen LogP) is -0.113. The summed E-state index contributed by atoms with van der Waals surface area (Å²) in [5.74, 6) is -0.939. The number of aromatic hydroxyl groups is 1. The number of aliphatic carboxylic acids is 1. The molecule has 99 valence electrons. The van der Waals surface area contributed by atoms with E-state index in [2.05, 4.69) is 20.9 Å². The summed E-state index contributed by atoms with van der Waals surface area (Å²) in [6.45, 7) is -0.296. The Bertz CT molecular complexity index is 460. The third-order valence-electron chi connectivity index (χ3n) is 1.45. The fourth-order valence-corrected chi connectivity index (χ4v) is 1.20. The van der Waals surface area contributed by atoms with E-state index >= 15 is 0 Å². The van der Waals surface area contributed by atoms with Crippen molar-refractivity contribution >= 4 is 28.1 Å².